The fourth-order valence-corrected chi connectivity index (χ4v) is 9.02. The second-order valence-corrected chi connectivity index (χ2v) is 12.5. The number of carboxylic acids is 1. The summed E-state index contributed by atoms with van der Waals surface area (Å²) in [5.41, 5.74) is -0.134. The fourth-order valence-electron chi connectivity index (χ4n) is 9.02. The van der Waals surface area contributed by atoms with Gasteiger partial charge in [0.25, 0.3) is 0 Å². The van der Waals surface area contributed by atoms with Crippen LogP contribution in [0.3, 0.4) is 0 Å². The number of fused-ring (bicyclic) bond motifs is 5. The molecule has 0 heterocycles. The van der Waals surface area contributed by atoms with E-state index in [1.807, 2.05) is 0 Å². The summed E-state index contributed by atoms with van der Waals surface area (Å²) in [6, 6.07) is 0. The van der Waals surface area contributed by atoms with Gasteiger partial charge < -0.3 is 15.3 Å². The summed E-state index contributed by atoms with van der Waals surface area (Å²) in [5, 5.41) is 32.1. The van der Waals surface area contributed by atoms with Crippen molar-refractivity contribution in [1.82, 2.24) is 0 Å². The molecule has 4 aliphatic rings. The van der Waals surface area contributed by atoms with E-state index >= 15 is 0 Å². The van der Waals surface area contributed by atoms with Gasteiger partial charge >= 0.3 is 5.97 Å². The van der Waals surface area contributed by atoms with Gasteiger partial charge in [0.2, 0.25) is 0 Å². The van der Waals surface area contributed by atoms with Gasteiger partial charge in [0.1, 0.15) is 5.78 Å². The average Bonchev–Trinajstić information content (AvgIpc) is 3.08. The monoisotopic (exact) mass is 448 g/mol. The number of ketones is 1. The molecule has 182 valence electrons. The fraction of sp³-hybridized carbons (Fsp3) is 0.926. The van der Waals surface area contributed by atoms with Gasteiger partial charge in [-0.25, -0.2) is 0 Å². The van der Waals surface area contributed by atoms with Gasteiger partial charge in [-0.1, -0.05) is 40.5 Å². The molecule has 0 aromatic rings. The van der Waals surface area contributed by atoms with Crippen LogP contribution < -0.4 is 0 Å². The molecule has 0 aromatic carbocycles. The Kier molecular flexibility index (Phi) is 6.57. The molecule has 3 N–H and O–H groups in total. The second-order valence-electron chi connectivity index (χ2n) is 12.5. The molecule has 32 heavy (non-hydrogen) atoms. The summed E-state index contributed by atoms with van der Waals surface area (Å²) in [7, 11) is 0. The Morgan fingerprint density at radius 3 is 2.50 bits per heavy atom. The van der Waals surface area contributed by atoms with Crippen LogP contribution in [0.1, 0.15) is 91.9 Å². The second kappa shape index (κ2) is 8.69. The van der Waals surface area contributed by atoms with Crippen LogP contribution in [0.25, 0.3) is 0 Å². The minimum Gasteiger partial charge on any atom is -0.481 e. The molecule has 0 unspecified atom stereocenters. The third-order valence-electron chi connectivity index (χ3n) is 11.1. The van der Waals surface area contributed by atoms with Gasteiger partial charge in [0, 0.05) is 12.8 Å². The molecule has 0 spiro atoms. The van der Waals surface area contributed by atoms with E-state index in [1.165, 1.54) is 0 Å². The Morgan fingerprint density at radius 2 is 1.81 bits per heavy atom. The Balaban J connectivity index is 1.51. The summed E-state index contributed by atoms with van der Waals surface area (Å²) < 4.78 is 0. The van der Waals surface area contributed by atoms with E-state index in [0.717, 1.165) is 44.9 Å². The van der Waals surface area contributed by atoms with Gasteiger partial charge in [-0.05, 0) is 84.9 Å². The number of hydrogen-bond acceptors (Lipinski definition) is 4. The minimum absolute atomic E-state index is 0.0524. The van der Waals surface area contributed by atoms with Gasteiger partial charge in [0.15, 0.2) is 0 Å². The number of hydrogen-bond donors (Lipinski definition) is 3. The van der Waals surface area contributed by atoms with E-state index in [2.05, 4.69) is 20.8 Å². The number of Topliss-reactive ketones (excluding diaryl/α,β-unsaturated/α-hetero) is 1. The van der Waals surface area contributed by atoms with Gasteiger partial charge in [-0.2, -0.15) is 0 Å². The Hall–Kier alpha value is -0.940. The molecule has 0 aromatic heterocycles. The molecule has 0 bridgehead atoms. The molecule has 4 rings (SSSR count). The summed E-state index contributed by atoms with van der Waals surface area (Å²) in [6.45, 7) is 8.67. The molecular weight excluding hydrogens is 404 g/mol. The molecule has 5 nitrogen and oxygen atoms in total. The van der Waals surface area contributed by atoms with Gasteiger partial charge in [-0.3, -0.25) is 9.59 Å². The van der Waals surface area contributed by atoms with Crippen molar-refractivity contribution < 1.29 is 24.9 Å². The molecule has 4 saturated carbocycles. The number of carbonyl (C=O) groups excluding carboxylic acids is 1. The summed E-state index contributed by atoms with van der Waals surface area (Å²) in [6.07, 6.45) is 7.65. The Labute approximate surface area is 193 Å². The molecule has 0 saturated heterocycles. The van der Waals surface area contributed by atoms with Crippen LogP contribution in [0.5, 0.6) is 0 Å². The van der Waals surface area contributed by atoms with Crippen molar-refractivity contribution in [1.29, 1.82) is 0 Å². The molecule has 5 heteroatoms. The molecule has 0 aliphatic heterocycles. The van der Waals surface area contributed by atoms with E-state index in [1.54, 1.807) is 6.92 Å². The lowest BCUT2D eigenvalue weighted by molar-refractivity contribution is -0.201. The predicted octanol–water partition coefficient (Wildman–Crippen LogP) is 4.68. The molecule has 4 fully saturated rings. The van der Waals surface area contributed by atoms with Crippen molar-refractivity contribution in [3.05, 3.63) is 0 Å². The Bertz CT molecular complexity index is 736. The summed E-state index contributed by atoms with van der Waals surface area (Å²) >= 11 is 0. The zero-order valence-electron chi connectivity index (χ0n) is 20.4. The molecule has 11 atom stereocenters. The number of aliphatic hydroxyl groups excluding tert-OH is 2. The smallest absolute Gasteiger partial charge is 0.306 e. The van der Waals surface area contributed by atoms with Gasteiger partial charge in [-0.15, -0.1) is 0 Å². The van der Waals surface area contributed by atoms with Crippen LogP contribution in [0.4, 0.5) is 0 Å². The molecule has 0 radical (unpaired) electrons. The average molecular weight is 449 g/mol. The Morgan fingerprint density at radius 1 is 1.09 bits per heavy atom. The van der Waals surface area contributed by atoms with Crippen LogP contribution in [0, 0.1) is 52.3 Å². The van der Waals surface area contributed by atoms with Gasteiger partial charge in [0.05, 0.1) is 18.1 Å². The topological polar surface area (TPSA) is 94.8 Å². The lowest BCUT2D eigenvalue weighted by atomic mass is 9.43. The molecular formula is C27H44O5. The lowest BCUT2D eigenvalue weighted by Gasteiger charge is -2.63. The van der Waals surface area contributed by atoms with Crippen molar-refractivity contribution in [3.8, 4) is 0 Å². The number of carboxylic acid groups (broad SMARTS) is 1. The zero-order chi connectivity index (χ0) is 23.4. The first-order chi connectivity index (χ1) is 15.0. The van der Waals surface area contributed by atoms with Crippen LogP contribution in [-0.2, 0) is 9.59 Å². The molecule has 0 amide bonds. The van der Waals surface area contributed by atoms with Crippen molar-refractivity contribution in [2.24, 2.45) is 52.3 Å². The van der Waals surface area contributed by atoms with Crippen LogP contribution in [0.2, 0.25) is 0 Å². The first-order valence-electron chi connectivity index (χ1n) is 13.1. The first-order valence-corrected chi connectivity index (χ1v) is 13.1. The molecule has 4 aliphatic carbocycles. The highest BCUT2D eigenvalue weighted by Gasteiger charge is 2.65. The SMILES string of the molecule is C[C@H](CCC[C@@H](C)[C@H]1CC[C@H]2[C@@H]3[C@H](O)C[C@@H]4CC(=O)CC[C@]4(C)[C@H]3C[C@H](O)[C@]12C)C(=O)O. The van der Waals surface area contributed by atoms with Crippen LogP contribution >= 0.6 is 0 Å². The summed E-state index contributed by atoms with van der Waals surface area (Å²) in [4.78, 5) is 23.3. The lowest BCUT2D eigenvalue weighted by Crippen LogP contribution is -2.62. The van der Waals surface area contributed by atoms with E-state index in [0.29, 0.717) is 48.7 Å². The van der Waals surface area contributed by atoms with Crippen molar-refractivity contribution in [3.63, 3.8) is 0 Å². The van der Waals surface area contributed by atoms with Crippen LogP contribution in [0.15, 0.2) is 0 Å². The maximum atomic E-state index is 12.1. The third-order valence-corrected chi connectivity index (χ3v) is 11.1. The van der Waals surface area contributed by atoms with Crippen LogP contribution in [-0.4, -0.2) is 39.3 Å². The number of aliphatic carboxylic acids is 1. The number of aliphatic hydroxyl groups is 2. The standard InChI is InChI=1S/C27H44O5/c1-15(6-5-7-16(2)25(31)32)19-8-9-20-24-21(14-23(30)27(19,20)4)26(3)11-10-18(28)12-17(26)13-22(24)29/h15-17,19-24,29-30H,5-14H2,1-4H3,(H,31,32)/t15-,16-,17+,19-,20+,21+,22-,23+,24+,26+,27-/m1/s1. The first kappa shape index (κ1) is 24.2. The highest BCUT2D eigenvalue weighted by molar-refractivity contribution is 5.79. The number of carbonyl (C=O) groups is 2. The van der Waals surface area contributed by atoms with Crippen molar-refractivity contribution in [2.75, 3.05) is 0 Å². The van der Waals surface area contributed by atoms with Crippen molar-refractivity contribution in [2.45, 2.75) is 104 Å². The highest BCUT2D eigenvalue weighted by atomic mass is 16.4. The number of rotatable bonds is 6. The maximum absolute atomic E-state index is 12.1. The van der Waals surface area contributed by atoms with E-state index in [-0.39, 0.29) is 40.8 Å². The van der Waals surface area contributed by atoms with Crippen molar-refractivity contribution >= 4 is 11.8 Å². The highest BCUT2D eigenvalue weighted by Crippen LogP contribution is 2.68. The quantitative estimate of drug-likeness (QED) is 0.548. The third kappa shape index (κ3) is 3.76. The zero-order valence-corrected chi connectivity index (χ0v) is 20.4. The normalized spacial score (nSPS) is 47.8. The maximum Gasteiger partial charge on any atom is 0.306 e. The predicted molar refractivity (Wildman–Crippen MR) is 123 cm³/mol. The van der Waals surface area contributed by atoms with E-state index in [4.69, 9.17) is 5.11 Å². The minimum atomic E-state index is -0.721. The largest absolute Gasteiger partial charge is 0.481 e. The van der Waals surface area contributed by atoms with E-state index < -0.39 is 5.97 Å². The summed E-state index contributed by atoms with van der Waals surface area (Å²) in [5.74, 6) is 1.26. The van der Waals surface area contributed by atoms with E-state index in [9.17, 15) is 19.8 Å².